The summed E-state index contributed by atoms with van der Waals surface area (Å²) in [6, 6.07) is 12.8. The summed E-state index contributed by atoms with van der Waals surface area (Å²) < 4.78 is 31.0. The number of ether oxygens (including phenoxy) is 1. The average molecular weight is 383 g/mol. The van der Waals surface area contributed by atoms with Crippen LogP contribution in [-0.2, 0) is 4.74 Å². The van der Waals surface area contributed by atoms with Gasteiger partial charge in [0.15, 0.2) is 11.6 Å². The smallest absolute Gasteiger partial charge is 0.339 e. The fourth-order valence-electron chi connectivity index (χ4n) is 2.44. The molecule has 0 radical (unpaired) electrons. The van der Waals surface area contributed by atoms with Crippen molar-refractivity contribution in [3.63, 3.8) is 0 Å². The Morgan fingerprint density at radius 2 is 1.75 bits per heavy atom. The number of benzene rings is 2. The van der Waals surface area contributed by atoms with Crippen LogP contribution < -0.4 is 10.6 Å². The Morgan fingerprint density at radius 1 is 0.964 bits per heavy atom. The molecule has 6 nitrogen and oxygen atoms in total. The average Bonchev–Trinajstić information content (AvgIpc) is 2.71. The van der Waals surface area contributed by atoms with Gasteiger partial charge in [-0.05, 0) is 36.4 Å². The van der Waals surface area contributed by atoms with Gasteiger partial charge in [-0.15, -0.1) is 0 Å². The number of halogens is 2. The van der Waals surface area contributed by atoms with E-state index < -0.39 is 23.5 Å². The first kappa shape index (κ1) is 19.0. The van der Waals surface area contributed by atoms with E-state index in [-0.39, 0.29) is 11.4 Å². The number of nitrogens with one attached hydrogen (secondary N) is 2. The summed E-state index contributed by atoms with van der Waals surface area (Å²) in [5, 5.41) is 5.48. The van der Waals surface area contributed by atoms with E-state index in [2.05, 4.69) is 15.6 Å². The number of anilines is 3. The minimum atomic E-state index is -1.07. The van der Waals surface area contributed by atoms with E-state index in [4.69, 9.17) is 4.74 Å². The molecule has 142 valence electrons. The lowest BCUT2D eigenvalue weighted by atomic mass is 10.1. The van der Waals surface area contributed by atoms with Crippen LogP contribution >= 0.6 is 0 Å². The van der Waals surface area contributed by atoms with Crippen molar-refractivity contribution in [3.8, 4) is 0 Å². The maximum Gasteiger partial charge on any atom is 0.339 e. The molecule has 0 unspecified atom stereocenters. The Balaban J connectivity index is 1.80. The van der Waals surface area contributed by atoms with E-state index in [0.717, 1.165) is 12.1 Å². The van der Waals surface area contributed by atoms with E-state index in [1.54, 1.807) is 30.3 Å². The molecule has 2 aromatic carbocycles. The highest BCUT2D eigenvalue weighted by molar-refractivity contribution is 6.03. The number of rotatable bonds is 5. The summed E-state index contributed by atoms with van der Waals surface area (Å²) in [7, 11) is 1.28. The van der Waals surface area contributed by atoms with Crippen molar-refractivity contribution in [2.45, 2.75) is 0 Å². The van der Waals surface area contributed by atoms with Crippen molar-refractivity contribution >= 4 is 28.9 Å². The summed E-state index contributed by atoms with van der Waals surface area (Å²) in [4.78, 5) is 28.2. The number of aromatic nitrogens is 1. The zero-order chi connectivity index (χ0) is 20.1. The van der Waals surface area contributed by atoms with Crippen molar-refractivity contribution in [2.75, 3.05) is 17.7 Å². The van der Waals surface area contributed by atoms with Crippen molar-refractivity contribution in [1.82, 2.24) is 4.98 Å². The van der Waals surface area contributed by atoms with E-state index in [1.807, 2.05) is 0 Å². The SMILES string of the molecule is COC(=O)c1ccccc1Nc1ccnc(C(=O)Nc2ccc(F)c(F)c2)c1. The molecule has 0 fully saturated rings. The predicted octanol–water partition coefficient (Wildman–Crippen LogP) is 4.14. The lowest BCUT2D eigenvalue weighted by Gasteiger charge is -2.11. The first-order valence-corrected chi connectivity index (χ1v) is 8.15. The van der Waals surface area contributed by atoms with E-state index in [9.17, 15) is 18.4 Å². The first-order valence-electron chi connectivity index (χ1n) is 8.15. The van der Waals surface area contributed by atoms with Gasteiger partial charge in [0.05, 0.1) is 18.4 Å². The lowest BCUT2D eigenvalue weighted by molar-refractivity contribution is 0.0601. The molecule has 0 bridgehead atoms. The van der Waals surface area contributed by atoms with Crippen LogP contribution in [0.15, 0.2) is 60.8 Å². The van der Waals surface area contributed by atoms with Crippen molar-refractivity contribution < 1.29 is 23.1 Å². The van der Waals surface area contributed by atoms with Crippen LogP contribution in [-0.4, -0.2) is 24.0 Å². The molecule has 3 rings (SSSR count). The number of hydrogen-bond acceptors (Lipinski definition) is 5. The lowest BCUT2D eigenvalue weighted by Crippen LogP contribution is -2.14. The van der Waals surface area contributed by atoms with Crippen LogP contribution in [0.4, 0.5) is 25.8 Å². The van der Waals surface area contributed by atoms with Crippen LogP contribution in [0.1, 0.15) is 20.8 Å². The number of pyridine rings is 1. The van der Waals surface area contributed by atoms with Crippen LogP contribution in [0, 0.1) is 11.6 Å². The van der Waals surface area contributed by atoms with E-state index in [0.29, 0.717) is 16.9 Å². The number of nitrogens with zero attached hydrogens (tertiary/aromatic N) is 1. The van der Waals surface area contributed by atoms with Gasteiger partial charge in [-0.1, -0.05) is 12.1 Å². The molecule has 2 N–H and O–H groups in total. The van der Waals surface area contributed by atoms with E-state index in [1.165, 1.54) is 25.4 Å². The molecule has 0 saturated heterocycles. The normalized spacial score (nSPS) is 10.2. The Hall–Kier alpha value is -3.81. The van der Waals surface area contributed by atoms with Gasteiger partial charge < -0.3 is 15.4 Å². The monoisotopic (exact) mass is 383 g/mol. The molecule has 0 spiro atoms. The van der Waals surface area contributed by atoms with Gasteiger partial charge in [-0.2, -0.15) is 0 Å². The molecule has 1 amide bonds. The number of esters is 1. The van der Waals surface area contributed by atoms with Gasteiger partial charge in [0.1, 0.15) is 5.69 Å². The van der Waals surface area contributed by atoms with Crippen molar-refractivity contribution in [3.05, 3.63) is 83.7 Å². The standard InChI is InChI=1S/C20H15F2N3O3/c1-28-20(27)14-4-2-3-5-17(14)24-13-8-9-23-18(11-13)19(26)25-12-6-7-15(21)16(22)10-12/h2-11H,1H3,(H,23,24)(H,25,26). The highest BCUT2D eigenvalue weighted by Gasteiger charge is 2.13. The Labute approximate surface area is 159 Å². The Bertz CT molecular complexity index is 1040. The first-order chi connectivity index (χ1) is 13.5. The van der Waals surface area contributed by atoms with Crippen molar-refractivity contribution in [2.24, 2.45) is 0 Å². The summed E-state index contributed by atoms with van der Waals surface area (Å²) in [6.45, 7) is 0. The molecule has 0 aliphatic carbocycles. The fourth-order valence-corrected chi connectivity index (χ4v) is 2.44. The quantitative estimate of drug-likeness (QED) is 0.647. The molecule has 0 saturated carbocycles. The maximum atomic E-state index is 13.3. The third-order valence-corrected chi connectivity index (χ3v) is 3.78. The number of carbonyl (C=O) groups excluding carboxylic acids is 2. The van der Waals surface area contributed by atoms with Gasteiger partial charge in [-0.25, -0.2) is 13.6 Å². The molecular formula is C20H15F2N3O3. The zero-order valence-corrected chi connectivity index (χ0v) is 14.7. The van der Waals surface area contributed by atoms with Crippen molar-refractivity contribution in [1.29, 1.82) is 0 Å². The van der Waals surface area contributed by atoms with Gasteiger partial charge in [-0.3, -0.25) is 9.78 Å². The van der Waals surface area contributed by atoms with Gasteiger partial charge in [0.2, 0.25) is 0 Å². The topological polar surface area (TPSA) is 80.3 Å². The second-order valence-electron chi connectivity index (χ2n) is 5.67. The largest absolute Gasteiger partial charge is 0.465 e. The van der Waals surface area contributed by atoms with Crippen LogP contribution in [0.3, 0.4) is 0 Å². The summed E-state index contributed by atoms with van der Waals surface area (Å²) in [6.07, 6.45) is 1.41. The second-order valence-corrected chi connectivity index (χ2v) is 5.67. The molecule has 0 aliphatic heterocycles. The number of para-hydroxylation sites is 1. The maximum absolute atomic E-state index is 13.3. The number of amides is 1. The van der Waals surface area contributed by atoms with Gasteiger partial charge in [0, 0.05) is 23.6 Å². The molecule has 8 heteroatoms. The molecule has 3 aromatic rings. The van der Waals surface area contributed by atoms with Crippen LogP contribution in [0.5, 0.6) is 0 Å². The molecule has 1 aromatic heterocycles. The number of hydrogen-bond donors (Lipinski definition) is 2. The summed E-state index contributed by atoms with van der Waals surface area (Å²) >= 11 is 0. The van der Waals surface area contributed by atoms with E-state index >= 15 is 0 Å². The molecule has 0 aliphatic rings. The predicted molar refractivity (Wildman–Crippen MR) is 99.6 cm³/mol. The number of methoxy groups -OCH3 is 1. The second kappa shape index (κ2) is 8.26. The van der Waals surface area contributed by atoms with Crippen LogP contribution in [0.25, 0.3) is 0 Å². The number of carbonyl (C=O) groups is 2. The fraction of sp³-hybridized carbons (Fsp3) is 0.0500. The molecular weight excluding hydrogens is 368 g/mol. The molecule has 1 heterocycles. The summed E-state index contributed by atoms with van der Waals surface area (Å²) in [5.74, 6) is -3.18. The Kier molecular flexibility index (Phi) is 5.59. The zero-order valence-electron chi connectivity index (χ0n) is 14.7. The van der Waals surface area contributed by atoms with Crippen LogP contribution in [0.2, 0.25) is 0 Å². The highest BCUT2D eigenvalue weighted by Crippen LogP contribution is 2.22. The van der Waals surface area contributed by atoms with Gasteiger partial charge >= 0.3 is 5.97 Å². The molecule has 28 heavy (non-hydrogen) atoms. The summed E-state index contributed by atoms with van der Waals surface area (Å²) in [5.41, 5.74) is 1.47. The highest BCUT2D eigenvalue weighted by atomic mass is 19.2. The Morgan fingerprint density at radius 3 is 2.50 bits per heavy atom. The van der Waals surface area contributed by atoms with Gasteiger partial charge in [0.25, 0.3) is 5.91 Å². The minimum absolute atomic E-state index is 0.0466. The third kappa shape index (κ3) is 4.29. The molecule has 0 atom stereocenters. The third-order valence-electron chi connectivity index (χ3n) is 3.78. The minimum Gasteiger partial charge on any atom is -0.465 e.